The molecule has 0 aromatic carbocycles. The van der Waals surface area contributed by atoms with Crippen molar-refractivity contribution in [3.8, 4) is 5.88 Å². The number of nitrogens with one attached hydrogen (secondary N) is 2. The van der Waals surface area contributed by atoms with Gasteiger partial charge in [-0.25, -0.2) is 4.98 Å². The van der Waals surface area contributed by atoms with Crippen molar-refractivity contribution in [2.75, 3.05) is 19.0 Å². The lowest BCUT2D eigenvalue weighted by Gasteiger charge is -2.26. The van der Waals surface area contributed by atoms with Crippen LogP contribution in [0.1, 0.15) is 19.8 Å². The van der Waals surface area contributed by atoms with Crippen LogP contribution in [0.5, 0.6) is 5.88 Å². The van der Waals surface area contributed by atoms with E-state index in [-0.39, 0.29) is 22.9 Å². The van der Waals surface area contributed by atoms with E-state index in [9.17, 15) is 4.79 Å². The van der Waals surface area contributed by atoms with Gasteiger partial charge in [0.2, 0.25) is 17.7 Å². The average molecular weight is 285 g/mol. The zero-order valence-electron chi connectivity index (χ0n) is 10.9. The summed E-state index contributed by atoms with van der Waals surface area (Å²) in [5, 5.41) is 6.24. The molecule has 2 heterocycles. The van der Waals surface area contributed by atoms with Gasteiger partial charge in [-0.15, -0.1) is 0 Å². The van der Waals surface area contributed by atoms with Crippen LogP contribution in [-0.2, 0) is 4.79 Å². The van der Waals surface area contributed by atoms with Crippen LogP contribution in [0.2, 0.25) is 5.15 Å². The highest BCUT2D eigenvalue weighted by Crippen LogP contribution is 2.20. The number of amides is 1. The van der Waals surface area contributed by atoms with Gasteiger partial charge >= 0.3 is 0 Å². The van der Waals surface area contributed by atoms with Gasteiger partial charge in [0.25, 0.3) is 0 Å². The molecule has 0 spiro atoms. The Morgan fingerprint density at radius 1 is 1.58 bits per heavy atom. The highest BCUT2D eigenvalue weighted by atomic mass is 35.5. The molecule has 1 aliphatic rings. The van der Waals surface area contributed by atoms with Crippen molar-refractivity contribution >= 4 is 23.5 Å². The number of carbonyl (C=O) groups excluding carboxylic acids is 1. The van der Waals surface area contributed by atoms with Gasteiger partial charge in [0.15, 0.2) is 0 Å². The topological polar surface area (TPSA) is 76.1 Å². The van der Waals surface area contributed by atoms with Crippen LogP contribution >= 0.6 is 11.6 Å². The summed E-state index contributed by atoms with van der Waals surface area (Å²) in [7, 11) is 1.48. The number of aromatic nitrogens is 2. The molecular formula is C12H17ClN4O2. The molecular weight excluding hydrogens is 268 g/mol. The number of ether oxygens (including phenoxy) is 1. The Morgan fingerprint density at radius 3 is 3.05 bits per heavy atom. The van der Waals surface area contributed by atoms with E-state index < -0.39 is 0 Å². The molecule has 0 radical (unpaired) electrons. The molecule has 0 bridgehead atoms. The molecule has 1 fully saturated rings. The molecule has 6 nitrogen and oxygen atoms in total. The van der Waals surface area contributed by atoms with Gasteiger partial charge < -0.3 is 10.1 Å². The number of carbonyl (C=O) groups is 1. The first-order chi connectivity index (χ1) is 9.08. The molecule has 19 heavy (non-hydrogen) atoms. The van der Waals surface area contributed by atoms with E-state index in [4.69, 9.17) is 16.3 Å². The van der Waals surface area contributed by atoms with Crippen molar-refractivity contribution in [2.45, 2.75) is 25.8 Å². The minimum Gasteiger partial charge on any atom is -0.481 e. The quantitative estimate of drug-likeness (QED) is 0.822. The zero-order chi connectivity index (χ0) is 13.8. The smallest absolute Gasteiger partial charge is 0.234 e. The molecule has 104 valence electrons. The summed E-state index contributed by atoms with van der Waals surface area (Å²) in [5.74, 6) is 0.414. The maximum Gasteiger partial charge on any atom is 0.234 e. The minimum atomic E-state index is -0.0716. The summed E-state index contributed by atoms with van der Waals surface area (Å²) in [5.41, 5.74) is 0. The minimum absolute atomic E-state index is 0.0233. The number of anilines is 1. The molecule has 1 saturated heterocycles. The van der Waals surface area contributed by atoms with Crippen LogP contribution in [0.3, 0.4) is 0 Å². The lowest BCUT2D eigenvalue weighted by atomic mass is 9.92. The number of hydrogen-bond donors (Lipinski definition) is 2. The van der Waals surface area contributed by atoms with Gasteiger partial charge in [0.1, 0.15) is 5.15 Å². The van der Waals surface area contributed by atoms with E-state index in [1.165, 1.54) is 13.2 Å². The van der Waals surface area contributed by atoms with Crippen molar-refractivity contribution in [3.63, 3.8) is 0 Å². The first-order valence-electron chi connectivity index (χ1n) is 6.21. The van der Waals surface area contributed by atoms with Gasteiger partial charge in [-0.3, -0.25) is 10.1 Å². The van der Waals surface area contributed by atoms with E-state index in [0.29, 0.717) is 11.9 Å². The fraction of sp³-hybridized carbons (Fsp3) is 0.583. The molecule has 2 atom stereocenters. The lowest BCUT2D eigenvalue weighted by molar-refractivity contribution is -0.120. The van der Waals surface area contributed by atoms with E-state index >= 15 is 0 Å². The summed E-state index contributed by atoms with van der Waals surface area (Å²) < 4.78 is 4.98. The fourth-order valence-corrected chi connectivity index (χ4v) is 2.31. The molecule has 1 aromatic rings. The normalized spacial score (nSPS) is 22.9. The van der Waals surface area contributed by atoms with Gasteiger partial charge in [0, 0.05) is 18.0 Å². The number of hydrogen-bond acceptors (Lipinski definition) is 5. The molecule has 1 amide bonds. The van der Waals surface area contributed by atoms with Gasteiger partial charge in [-0.05, 0) is 26.3 Å². The highest BCUT2D eigenvalue weighted by Gasteiger charge is 2.25. The second-order valence-electron chi connectivity index (χ2n) is 4.62. The standard InChI is InChI=1S/C12H17ClN4O2/c1-7-5-8(3-4-14-7)11(18)17-12-15-9(13)6-10(16-12)19-2/h6-8,14H,3-5H2,1-2H3,(H,15,16,17,18). The van der Waals surface area contributed by atoms with Crippen molar-refractivity contribution in [3.05, 3.63) is 11.2 Å². The third kappa shape index (κ3) is 3.78. The second-order valence-corrected chi connectivity index (χ2v) is 5.01. The van der Waals surface area contributed by atoms with Crippen molar-refractivity contribution in [1.29, 1.82) is 0 Å². The van der Waals surface area contributed by atoms with Crippen molar-refractivity contribution in [1.82, 2.24) is 15.3 Å². The first kappa shape index (κ1) is 14.0. The Labute approximate surface area is 116 Å². The average Bonchev–Trinajstić information content (AvgIpc) is 2.38. The number of halogens is 1. The van der Waals surface area contributed by atoms with Crippen LogP contribution in [0, 0.1) is 5.92 Å². The summed E-state index contributed by atoms with van der Waals surface area (Å²) in [6.45, 7) is 2.91. The Hall–Kier alpha value is -1.40. The van der Waals surface area contributed by atoms with Crippen LogP contribution in [0.15, 0.2) is 6.07 Å². The molecule has 2 N–H and O–H groups in total. The van der Waals surface area contributed by atoms with Gasteiger partial charge in [0.05, 0.1) is 7.11 Å². The number of methoxy groups -OCH3 is 1. The predicted octanol–water partition coefficient (Wildman–Crippen LogP) is 1.47. The Kier molecular flexibility index (Phi) is 4.55. The molecule has 0 saturated carbocycles. The second kappa shape index (κ2) is 6.16. The van der Waals surface area contributed by atoms with E-state index in [0.717, 1.165) is 19.4 Å². The van der Waals surface area contributed by atoms with E-state index in [1.807, 2.05) is 0 Å². The highest BCUT2D eigenvalue weighted by molar-refractivity contribution is 6.29. The fourth-order valence-electron chi connectivity index (χ4n) is 2.14. The Balaban J connectivity index is 2.03. The summed E-state index contributed by atoms with van der Waals surface area (Å²) >= 11 is 5.83. The summed E-state index contributed by atoms with van der Waals surface area (Å²) in [6.07, 6.45) is 1.62. The largest absolute Gasteiger partial charge is 0.481 e. The van der Waals surface area contributed by atoms with E-state index in [2.05, 4.69) is 27.5 Å². The van der Waals surface area contributed by atoms with Crippen LogP contribution in [0.4, 0.5) is 5.95 Å². The van der Waals surface area contributed by atoms with Gasteiger partial charge in [-0.1, -0.05) is 11.6 Å². The third-order valence-corrected chi connectivity index (χ3v) is 3.30. The Bertz CT molecular complexity index is 469. The zero-order valence-corrected chi connectivity index (χ0v) is 11.7. The van der Waals surface area contributed by atoms with E-state index in [1.54, 1.807) is 0 Å². The van der Waals surface area contributed by atoms with Crippen LogP contribution < -0.4 is 15.4 Å². The van der Waals surface area contributed by atoms with Crippen molar-refractivity contribution in [2.24, 2.45) is 5.92 Å². The van der Waals surface area contributed by atoms with Gasteiger partial charge in [-0.2, -0.15) is 4.98 Å². The van der Waals surface area contributed by atoms with Crippen LogP contribution in [0.25, 0.3) is 0 Å². The maximum atomic E-state index is 12.1. The molecule has 1 aromatic heterocycles. The number of nitrogens with zero attached hydrogens (tertiary/aromatic N) is 2. The predicted molar refractivity (Wildman–Crippen MR) is 72.4 cm³/mol. The number of piperidine rings is 1. The molecule has 2 unspecified atom stereocenters. The third-order valence-electron chi connectivity index (χ3n) is 3.11. The number of rotatable bonds is 3. The summed E-state index contributed by atoms with van der Waals surface area (Å²) in [6, 6.07) is 1.84. The maximum absolute atomic E-state index is 12.1. The SMILES string of the molecule is COc1cc(Cl)nc(NC(=O)C2CCNC(C)C2)n1. The van der Waals surface area contributed by atoms with Crippen molar-refractivity contribution < 1.29 is 9.53 Å². The molecule has 7 heteroatoms. The first-order valence-corrected chi connectivity index (χ1v) is 6.59. The van der Waals surface area contributed by atoms with Crippen LogP contribution in [-0.4, -0.2) is 35.6 Å². The summed E-state index contributed by atoms with van der Waals surface area (Å²) in [4.78, 5) is 20.1. The molecule has 2 rings (SSSR count). The molecule has 1 aliphatic heterocycles. The monoisotopic (exact) mass is 284 g/mol. The Morgan fingerprint density at radius 2 is 2.37 bits per heavy atom. The lowest BCUT2D eigenvalue weighted by Crippen LogP contribution is -2.40. The molecule has 0 aliphatic carbocycles.